The lowest BCUT2D eigenvalue weighted by Crippen LogP contribution is -2.04. The van der Waals surface area contributed by atoms with Crippen molar-refractivity contribution in [2.24, 2.45) is 0 Å². The van der Waals surface area contributed by atoms with Crippen LogP contribution in [-0.2, 0) is 4.74 Å². The molecule has 0 saturated heterocycles. The summed E-state index contributed by atoms with van der Waals surface area (Å²) in [5.41, 5.74) is 0. The summed E-state index contributed by atoms with van der Waals surface area (Å²) in [7, 11) is 0. The molecule has 1 aromatic heterocycles. The molecule has 0 saturated carbocycles. The van der Waals surface area contributed by atoms with Gasteiger partial charge in [0.05, 0.1) is 6.61 Å². The van der Waals surface area contributed by atoms with E-state index >= 15 is 0 Å². The number of thioether (sulfide) groups is 2. The second-order valence-corrected chi connectivity index (χ2v) is 5.96. The number of esters is 1. The number of carbonyl (C=O) groups excluding carboxylic acids is 1. The van der Waals surface area contributed by atoms with E-state index in [0.29, 0.717) is 5.22 Å². The second kappa shape index (κ2) is 8.04. The van der Waals surface area contributed by atoms with Crippen molar-refractivity contribution in [3.8, 4) is 0 Å². The fraction of sp³-hybridized carbons (Fsp3) is 0.308. The molecule has 0 aliphatic carbocycles. The van der Waals surface area contributed by atoms with Crippen LogP contribution < -0.4 is 0 Å². The minimum atomic E-state index is -0.613. The molecule has 0 unspecified atom stereocenters. The van der Waals surface area contributed by atoms with Crippen molar-refractivity contribution < 1.29 is 18.3 Å². The molecule has 1 aromatic carbocycles. The van der Waals surface area contributed by atoms with Crippen molar-refractivity contribution in [2.45, 2.75) is 17.0 Å². The number of carbonyl (C=O) groups is 1. The van der Waals surface area contributed by atoms with Gasteiger partial charge in [0, 0.05) is 16.4 Å². The standard InChI is InChI=1S/C13H13FN2O3S2/c1-2-18-12(17)11-15-16-13(19-11)21-8-7-20-10-5-3-9(14)4-6-10/h3-6H,2,7-8H2,1H3. The van der Waals surface area contributed by atoms with Crippen LogP contribution in [0.5, 0.6) is 0 Å². The van der Waals surface area contributed by atoms with Gasteiger partial charge < -0.3 is 9.15 Å². The van der Waals surface area contributed by atoms with Gasteiger partial charge in [0.2, 0.25) is 0 Å². The highest BCUT2D eigenvalue weighted by Crippen LogP contribution is 2.22. The van der Waals surface area contributed by atoms with Crippen LogP contribution in [-0.4, -0.2) is 34.3 Å². The summed E-state index contributed by atoms with van der Waals surface area (Å²) in [6.07, 6.45) is 0. The minimum absolute atomic E-state index is 0.134. The average Bonchev–Trinajstić information content (AvgIpc) is 2.95. The molecule has 21 heavy (non-hydrogen) atoms. The highest BCUT2D eigenvalue weighted by Gasteiger charge is 2.15. The topological polar surface area (TPSA) is 65.2 Å². The Morgan fingerprint density at radius 1 is 1.24 bits per heavy atom. The minimum Gasteiger partial charge on any atom is -0.459 e. The van der Waals surface area contributed by atoms with Gasteiger partial charge in [-0.05, 0) is 31.2 Å². The third-order valence-corrected chi connectivity index (χ3v) is 4.34. The number of aromatic nitrogens is 2. The molecular formula is C13H13FN2O3S2. The summed E-state index contributed by atoms with van der Waals surface area (Å²) in [5.74, 6) is 0.536. The SMILES string of the molecule is CCOC(=O)c1nnc(SCCSc2ccc(F)cc2)o1. The molecule has 0 aliphatic heterocycles. The maximum atomic E-state index is 12.7. The van der Waals surface area contributed by atoms with Gasteiger partial charge in [0.1, 0.15) is 5.82 Å². The zero-order valence-electron chi connectivity index (χ0n) is 11.2. The largest absolute Gasteiger partial charge is 0.459 e. The Hall–Kier alpha value is -1.54. The third-order valence-electron chi connectivity index (χ3n) is 2.25. The first kappa shape index (κ1) is 15.8. The van der Waals surface area contributed by atoms with Gasteiger partial charge in [-0.25, -0.2) is 9.18 Å². The van der Waals surface area contributed by atoms with E-state index in [9.17, 15) is 9.18 Å². The Bertz CT molecular complexity index is 589. The predicted octanol–water partition coefficient (Wildman–Crippen LogP) is 3.27. The lowest BCUT2D eigenvalue weighted by Gasteiger charge is -1.99. The van der Waals surface area contributed by atoms with Crippen LogP contribution in [0.2, 0.25) is 0 Å². The fourth-order valence-corrected chi connectivity index (χ4v) is 3.00. The summed E-state index contributed by atoms with van der Waals surface area (Å²) in [6.45, 7) is 1.97. The molecule has 0 fully saturated rings. The number of rotatable bonds is 7. The van der Waals surface area contributed by atoms with E-state index in [4.69, 9.17) is 9.15 Å². The molecule has 112 valence electrons. The van der Waals surface area contributed by atoms with Gasteiger partial charge in [0.25, 0.3) is 5.22 Å². The Kier molecular flexibility index (Phi) is 6.06. The van der Waals surface area contributed by atoms with E-state index in [0.717, 1.165) is 16.4 Å². The van der Waals surface area contributed by atoms with E-state index in [1.807, 2.05) is 0 Å². The average molecular weight is 328 g/mol. The zero-order valence-corrected chi connectivity index (χ0v) is 12.9. The molecular weight excluding hydrogens is 315 g/mol. The zero-order chi connectivity index (χ0) is 15.1. The van der Waals surface area contributed by atoms with Gasteiger partial charge in [-0.3, -0.25) is 0 Å². The van der Waals surface area contributed by atoms with Gasteiger partial charge in [-0.2, -0.15) is 0 Å². The molecule has 0 aliphatic rings. The van der Waals surface area contributed by atoms with Crippen molar-refractivity contribution in [2.75, 3.05) is 18.1 Å². The number of hydrogen-bond acceptors (Lipinski definition) is 7. The molecule has 0 bridgehead atoms. The smallest absolute Gasteiger partial charge is 0.396 e. The quantitative estimate of drug-likeness (QED) is 0.439. The maximum Gasteiger partial charge on any atom is 0.396 e. The first-order valence-corrected chi connectivity index (χ1v) is 8.18. The van der Waals surface area contributed by atoms with Gasteiger partial charge in [-0.1, -0.05) is 16.9 Å². The van der Waals surface area contributed by atoms with Gasteiger partial charge in [0.15, 0.2) is 0 Å². The number of nitrogens with zero attached hydrogens (tertiary/aromatic N) is 2. The molecule has 5 nitrogen and oxygen atoms in total. The molecule has 2 aromatic rings. The lowest BCUT2D eigenvalue weighted by molar-refractivity contribution is 0.0475. The molecule has 0 N–H and O–H groups in total. The molecule has 8 heteroatoms. The predicted molar refractivity (Wildman–Crippen MR) is 78.1 cm³/mol. The maximum absolute atomic E-state index is 12.7. The number of benzene rings is 1. The monoisotopic (exact) mass is 328 g/mol. The van der Waals surface area contributed by atoms with E-state index < -0.39 is 5.97 Å². The number of hydrogen-bond donors (Lipinski definition) is 0. The van der Waals surface area contributed by atoms with E-state index in [1.54, 1.807) is 30.8 Å². The summed E-state index contributed by atoms with van der Waals surface area (Å²) >= 11 is 2.96. The van der Waals surface area contributed by atoms with Crippen molar-refractivity contribution in [3.63, 3.8) is 0 Å². The van der Waals surface area contributed by atoms with Crippen LogP contribution in [0.1, 0.15) is 17.6 Å². The van der Waals surface area contributed by atoms with E-state index in [1.165, 1.54) is 23.9 Å². The Labute approximate surface area is 129 Å². The first-order valence-electron chi connectivity index (χ1n) is 6.21. The van der Waals surface area contributed by atoms with Crippen molar-refractivity contribution in [1.29, 1.82) is 0 Å². The fourth-order valence-electron chi connectivity index (χ4n) is 1.36. The second-order valence-electron chi connectivity index (χ2n) is 3.74. The number of ether oxygens (including phenoxy) is 1. The van der Waals surface area contributed by atoms with Crippen LogP contribution >= 0.6 is 23.5 Å². The highest BCUT2D eigenvalue weighted by atomic mass is 32.2. The number of halogens is 1. The lowest BCUT2D eigenvalue weighted by atomic mass is 10.4. The summed E-state index contributed by atoms with van der Waals surface area (Å²) < 4.78 is 22.7. The van der Waals surface area contributed by atoms with Gasteiger partial charge >= 0.3 is 11.9 Å². The van der Waals surface area contributed by atoms with Crippen molar-refractivity contribution >= 4 is 29.5 Å². The van der Waals surface area contributed by atoms with Crippen LogP contribution in [0.3, 0.4) is 0 Å². The molecule has 0 amide bonds. The van der Waals surface area contributed by atoms with Crippen LogP contribution in [0.25, 0.3) is 0 Å². The van der Waals surface area contributed by atoms with Crippen molar-refractivity contribution in [3.05, 3.63) is 36.0 Å². The summed E-state index contributed by atoms with van der Waals surface area (Å²) in [4.78, 5) is 12.3. The van der Waals surface area contributed by atoms with E-state index in [2.05, 4.69) is 10.2 Å². The Morgan fingerprint density at radius 2 is 1.95 bits per heavy atom. The molecule has 0 spiro atoms. The Morgan fingerprint density at radius 3 is 2.67 bits per heavy atom. The summed E-state index contributed by atoms with van der Waals surface area (Å²) in [6, 6.07) is 6.32. The Balaban J connectivity index is 1.73. The first-order chi connectivity index (χ1) is 10.2. The molecule has 0 atom stereocenters. The van der Waals surface area contributed by atoms with Crippen molar-refractivity contribution in [1.82, 2.24) is 10.2 Å². The van der Waals surface area contributed by atoms with E-state index in [-0.39, 0.29) is 18.3 Å². The molecule has 1 heterocycles. The normalized spacial score (nSPS) is 10.6. The third kappa shape index (κ3) is 5.05. The molecule has 2 rings (SSSR count). The van der Waals surface area contributed by atoms with Crippen LogP contribution in [0.4, 0.5) is 4.39 Å². The highest BCUT2D eigenvalue weighted by molar-refractivity contribution is 8.02. The summed E-state index contributed by atoms with van der Waals surface area (Å²) in [5, 5.41) is 7.71. The van der Waals surface area contributed by atoms with Crippen LogP contribution in [0, 0.1) is 5.82 Å². The van der Waals surface area contributed by atoms with Crippen LogP contribution in [0.15, 0.2) is 38.8 Å². The molecule has 0 radical (unpaired) electrons. The van der Waals surface area contributed by atoms with Gasteiger partial charge in [-0.15, -0.1) is 16.9 Å².